The predicted molar refractivity (Wildman–Crippen MR) is 69.5 cm³/mol. The van der Waals surface area contributed by atoms with Crippen molar-refractivity contribution in [3.63, 3.8) is 0 Å². The number of thiocarbonyl (C=S) groups is 1. The van der Waals surface area contributed by atoms with Crippen LogP contribution < -0.4 is 11.1 Å². The number of nitrogens with one attached hydrogen (secondary N) is 1. The van der Waals surface area contributed by atoms with E-state index in [1.807, 2.05) is 12.1 Å². The first-order valence-corrected chi connectivity index (χ1v) is 5.30. The molecule has 1 amide bonds. The van der Waals surface area contributed by atoms with Gasteiger partial charge in [-0.1, -0.05) is 30.4 Å². The third kappa shape index (κ3) is 3.82. The fourth-order valence-corrected chi connectivity index (χ4v) is 1.46. The van der Waals surface area contributed by atoms with Gasteiger partial charge in [-0.25, -0.2) is 0 Å². The van der Waals surface area contributed by atoms with Gasteiger partial charge in [0.1, 0.15) is 0 Å². The molecule has 0 radical (unpaired) electrons. The molecule has 1 aromatic rings. The minimum Gasteiger partial charge on any atom is -0.393 e. The van der Waals surface area contributed by atoms with Gasteiger partial charge in [-0.05, 0) is 17.7 Å². The molecular formula is C12H14N2OS. The van der Waals surface area contributed by atoms with Gasteiger partial charge in [-0.2, -0.15) is 0 Å². The number of carbonyl (C=O) groups is 1. The number of hydrogen-bond donors (Lipinski definition) is 2. The number of hydrogen-bond acceptors (Lipinski definition) is 2. The Kier molecular flexibility index (Phi) is 4.66. The summed E-state index contributed by atoms with van der Waals surface area (Å²) >= 11 is 4.82. The second-order valence-corrected chi connectivity index (χ2v) is 3.87. The van der Waals surface area contributed by atoms with E-state index >= 15 is 0 Å². The fourth-order valence-electron chi connectivity index (χ4n) is 1.29. The summed E-state index contributed by atoms with van der Waals surface area (Å²) < 4.78 is 0. The molecule has 0 saturated carbocycles. The van der Waals surface area contributed by atoms with Crippen LogP contribution in [0.4, 0.5) is 0 Å². The molecule has 0 bridgehead atoms. The van der Waals surface area contributed by atoms with Crippen LogP contribution in [0.15, 0.2) is 36.9 Å². The summed E-state index contributed by atoms with van der Waals surface area (Å²) in [6, 6.07) is 7.25. The Morgan fingerprint density at radius 3 is 2.94 bits per heavy atom. The van der Waals surface area contributed by atoms with Gasteiger partial charge < -0.3 is 11.1 Å². The largest absolute Gasteiger partial charge is 0.393 e. The summed E-state index contributed by atoms with van der Waals surface area (Å²) in [6.45, 7) is 3.99. The molecule has 84 valence electrons. The molecule has 0 saturated heterocycles. The summed E-state index contributed by atoms with van der Waals surface area (Å²) in [5.41, 5.74) is 7.00. The standard InChI is InChI=1S/C12H14N2OS/c1-2-6-14-12(15)10-5-3-4-9(7-10)8-11(13)16/h2-5,7H,1,6,8H2,(H2,13,16)(H,14,15). The summed E-state index contributed by atoms with van der Waals surface area (Å²) in [6.07, 6.45) is 2.15. The van der Waals surface area contributed by atoms with Gasteiger partial charge in [-0.15, -0.1) is 6.58 Å². The Morgan fingerprint density at radius 1 is 1.56 bits per heavy atom. The molecular weight excluding hydrogens is 220 g/mol. The van der Waals surface area contributed by atoms with E-state index < -0.39 is 0 Å². The average molecular weight is 234 g/mol. The Balaban J connectivity index is 2.77. The molecule has 16 heavy (non-hydrogen) atoms. The van der Waals surface area contributed by atoms with E-state index in [0.717, 1.165) is 5.56 Å². The maximum Gasteiger partial charge on any atom is 0.251 e. The molecule has 0 fully saturated rings. The van der Waals surface area contributed by atoms with E-state index in [2.05, 4.69) is 11.9 Å². The second kappa shape index (κ2) is 6.02. The first kappa shape index (κ1) is 12.4. The van der Waals surface area contributed by atoms with Crippen LogP contribution in [0.2, 0.25) is 0 Å². The lowest BCUT2D eigenvalue weighted by atomic mass is 10.1. The quantitative estimate of drug-likeness (QED) is 0.598. The molecule has 0 aliphatic heterocycles. The van der Waals surface area contributed by atoms with Crippen LogP contribution in [0.5, 0.6) is 0 Å². The molecule has 3 nitrogen and oxygen atoms in total. The lowest BCUT2D eigenvalue weighted by molar-refractivity contribution is 0.0958. The maximum atomic E-state index is 11.6. The van der Waals surface area contributed by atoms with E-state index in [1.165, 1.54) is 0 Å². The van der Waals surface area contributed by atoms with Crippen molar-refractivity contribution in [3.05, 3.63) is 48.0 Å². The van der Waals surface area contributed by atoms with Crippen molar-refractivity contribution in [2.75, 3.05) is 6.54 Å². The van der Waals surface area contributed by atoms with Crippen LogP contribution >= 0.6 is 12.2 Å². The van der Waals surface area contributed by atoms with Gasteiger partial charge in [0.25, 0.3) is 5.91 Å². The zero-order chi connectivity index (χ0) is 12.0. The highest BCUT2D eigenvalue weighted by Gasteiger charge is 2.05. The second-order valence-electron chi connectivity index (χ2n) is 3.34. The zero-order valence-electron chi connectivity index (χ0n) is 8.90. The Labute approximate surface area is 100 Å². The highest BCUT2D eigenvalue weighted by Crippen LogP contribution is 2.06. The lowest BCUT2D eigenvalue weighted by Crippen LogP contribution is -2.23. The lowest BCUT2D eigenvalue weighted by Gasteiger charge is -2.04. The number of nitrogens with two attached hydrogens (primary N) is 1. The van der Waals surface area contributed by atoms with Crippen molar-refractivity contribution < 1.29 is 4.79 Å². The summed E-state index contributed by atoms with van der Waals surface area (Å²) in [5.74, 6) is -0.121. The maximum absolute atomic E-state index is 11.6. The third-order valence-electron chi connectivity index (χ3n) is 1.97. The zero-order valence-corrected chi connectivity index (χ0v) is 9.72. The van der Waals surface area contributed by atoms with Gasteiger partial charge >= 0.3 is 0 Å². The summed E-state index contributed by atoms with van der Waals surface area (Å²) in [5, 5.41) is 2.71. The minimum atomic E-state index is -0.121. The molecule has 0 spiro atoms. The smallest absolute Gasteiger partial charge is 0.251 e. The van der Waals surface area contributed by atoms with E-state index in [4.69, 9.17) is 18.0 Å². The fraction of sp³-hybridized carbons (Fsp3) is 0.167. The Hall–Kier alpha value is -1.68. The molecule has 0 heterocycles. The molecule has 0 aliphatic carbocycles. The highest BCUT2D eigenvalue weighted by molar-refractivity contribution is 7.80. The Bertz CT molecular complexity index is 415. The number of amides is 1. The monoisotopic (exact) mass is 234 g/mol. The minimum absolute atomic E-state index is 0.121. The van der Waals surface area contributed by atoms with Gasteiger partial charge in [-0.3, -0.25) is 4.79 Å². The van der Waals surface area contributed by atoms with Crippen molar-refractivity contribution in [1.82, 2.24) is 5.32 Å². The van der Waals surface area contributed by atoms with Crippen LogP contribution in [0.1, 0.15) is 15.9 Å². The molecule has 4 heteroatoms. The average Bonchev–Trinajstić information content (AvgIpc) is 2.25. The van der Waals surface area contributed by atoms with Crippen molar-refractivity contribution in [1.29, 1.82) is 0 Å². The first-order chi connectivity index (χ1) is 7.63. The number of carbonyl (C=O) groups excluding carboxylic acids is 1. The third-order valence-corrected chi connectivity index (χ3v) is 2.12. The molecule has 0 unspecified atom stereocenters. The SMILES string of the molecule is C=CCNC(=O)c1cccc(CC(N)=S)c1. The topological polar surface area (TPSA) is 55.1 Å². The van der Waals surface area contributed by atoms with Crippen molar-refractivity contribution in [3.8, 4) is 0 Å². The molecule has 0 atom stereocenters. The van der Waals surface area contributed by atoms with Gasteiger partial charge in [0.2, 0.25) is 0 Å². The van der Waals surface area contributed by atoms with E-state index in [-0.39, 0.29) is 5.91 Å². The number of benzene rings is 1. The van der Waals surface area contributed by atoms with Crippen molar-refractivity contribution >= 4 is 23.1 Å². The summed E-state index contributed by atoms with van der Waals surface area (Å²) in [7, 11) is 0. The molecule has 1 aromatic carbocycles. The Morgan fingerprint density at radius 2 is 2.31 bits per heavy atom. The van der Waals surface area contributed by atoms with E-state index in [0.29, 0.717) is 23.5 Å². The van der Waals surface area contributed by atoms with Crippen LogP contribution in [-0.4, -0.2) is 17.4 Å². The number of rotatable bonds is 5. The van der Waals surface area contributed by atoms with Crippen LogP contribution in [0.25, 0.3) is 0 Å². The highest BCUT2D eigenvalue weighted by atomic mass is 32.1. The van der Waals surface area contributed by atoms with E-state index in [1.54, 1.807) is 18.2 Å². The molecule has 0 aromatic heterocycles. The first-order valence-electron chi connectivity index (χ1n) is 4.90. The van der Waals surface area contributed by atoms with Crippen molar-refractivity contribution in [2.45, 2.75) is 6.42 Å². The normalized spacial score (nSPS) is 9.50. The van der Waals surface area contributed by atoms with Crippen LogP contribution in [0.3, 0.4) is 0 Å². The van der Waals surface area contributed by atoms with Gasteiger partial charge in [0, 0.05) is 18.5 Å². The van der Waals surface area contributed by atoms with Crippen LogP contribution in [-0.2, 0) is 6.42 Å². The predicted octanol–water partition coefficient (Wildman–Crippen LogP) is 1.43. The molecule has 1 rings (SSSR count). The van der Waals surface area contributed by atoms with E-state index in [9.17, 15) is 4.79 Å². The molecule has 0 aliphatic rings. The molecule has 3 N–H and O–H groups in total. The summed E-state index contributed by atoms with van der Waals surface area (Å²) in [4.78, 5) is 12.0. The van der Waals surface area contributed by atoms with Gasteiger partial charge in [0.15, 0.2) is 0 Å². The van der Waals surface area contributed by atoms with Crippen molar-refractivity contribution in [2.24, 2.45) is 5.73 Å². The van der Waals surface area contributed by atoms with Gasteiger partial charge in [0.05, 0.1) is 4.99 Å². The van der Waals surface area contributed by atoms with Crippen LogP contribution in [0, 0.1) is 0 Å².